The zero-order valence-corrected chi connectivity index (χ0v) is 21.0. The van der Waals surface area contributed by atoms with Crippen LogP contribution in [-0.2, 0) is 22.7 Å². The maximum absolute atomic E-state index is 15.2. The molecule has 3 aromatic rings. The fourth-order valence-electron chi connectivity index (χ4n) is 5.90. The molecule has 7 nitrogen and oxygen atoms in total. The zero-order chi connectivity index (χ0) is 26.2. The number of carbonyl (C=O) groups is 3. The van der Waals surface area contributed by atoms with E-state index in [4.69, 9.17) is 0 Å². The fraction of sp³-hybridized carbons (Fsp3) is 0.300. The smallest absolute Gasteiger partial charge is 0.255 e. The fourth-order valence-corrected chi connectivity index (χ4v) is 5.90. The first kappa shape index (κ1) is 24.5. The Morgan fingerprint density at radius 2 is 1.61 bits per heavy atom. The molecule has 0 aromatic heterocycles. The van der Waals surface area contributed by atoms with Gasteiger partial charge in [-0.25, -0.2) is 4.39 Å². The zero-order valence-electron chi connectivity index (χ0n) is 21.0. The second-order valence-corrected chi connectivity index (χ2v) is 10.2. The van der Waals surface area contributed by atoms with Gasteiger partial charge in [-0.2, -0.15) is 0 Å². The Labute approximate surface area is 220 Å². The molecule has 3 aromatic carbocycles. The van der Waals surface area contributed by atoms with E-state index in [0.29, 0.717) is 24.3 Å². The summed E-state index contributed by atoms with van der Waals surface area (Å²) in [5, 5.41) is 2.30. The number of benzene rings is 3. The molecule has 1 N–H and O–H groups in total. The molecule has 38 heavy (non-hydrogen) atoms. The van der Waals surface area contributed by atoms with E-state index in [1.807, 2.05) is 12.1 Å². The summed E-state index contributed by atoms with van der Waals surface area (Å²) in [6.07, 6.45) is 0.474. The minimum absolute atomic E-state index is 0.104. The summed E-state index contributed by atoms with van der Waals surface area (Å²) >= 11 is 0. The number of hydrogen-bond acceptors (Lipinski definition) is 5. The number of piperidine rings is 1. The van der Waals surface area contributed by atoms with Gasteiger partial charge in [0.25, 0.3) is 5.91 Å². The Hall–Kier alpha value is -3.88. The van der Waals surface area contributed by atoms with Gasteiger partial charge in [0.05, 0.1) is 12.7 Å². The first-order valence-corrected chi connectivity index (χ1v) is 13.0. The predicted molar refractivity (Wildman–Crippen MR) is 139 cm³/mol. The first-order valence-electron chi connectivity index (χ1n) is 13.0. The van der Waals surface area contributed by atoms with Crippen molar-refractivity contribution < 1.29 is 18.8 Å². The molecule has 3 aliphatic heterocycles. The molecule has 194 valence electrons. The lowest BCUT2D eigenvalue weighted by Gasteiger charge is -2.29. The molecule has 0 saturated carbocycles. The molecule has 0 bridgehead atoms. The molecular weight excluding hydrogens is 483 g/mol. The molecule has 0 radical (unpaired) electrons. The molecule has 2 saturated heterocycles. The standard InChI is InChI=1S/C30H29FN4O3/c31-25-16-24-22(18-35(30(24)38)26-11-12-27(36)32-29(26)37)15-23(25)17-33-13-14-34(19-33)28(20-7-3-1-4-8-20)21-9-5-2-6-10-21/h1-10,15-16,26,28H,11-14,17-19H2,(H,32,36,37). The summed E-state index contributed by atoms with van der Waals surface area (Å²) in [6, 6.07) is 23.3. The van der Waals surface area contributed by atoms with E-state index in [1.54, 1.807) is 6.07 Å². The van der Waals surface area contributed by atoms with Crippen LogP contribution in [-0.4, -0.2) is 58.2 Å². The van der Waals surface area contributed by atoms with Gasteiger partial charge in [0.1, 0.15) is 11.9 Å². The number of carbonyl (C=O) groups excluding carboxylic acids is 3. The Balaban J connectivity index is 1.18. The van der Waals surface area contributed by atoms with Crippen LogP contribution in [0, 0.1) is 5.82 Å². The quantitative estimate of drug-likeness (QED) is 0.513. The van der Waals surface area contributed by atoms with E-state index in [9.17, 15) is 14.4 Å². The van der Waals surface area contributed by atoms with E-state index >= 15 is 4.39 Å². The molecule has 3 heterocycles. The molecule has 1 unspecified atom stereocenters. The average Bonchev–Trinajstić information content (AvgIpc) is 3.50. The van der Waals surface area contributed by atoms with Crippen LogP contribution in [0.2, 0.25) is 0 Å². The number of halogens is 1. The van der Waals surface area contributed by atoms with Crippen LogP contribution in [0.15, 0.2) is 72.8 Å². The molecule has 6 rings (SSSR count). The highest BCUT2D eigenvalue weighted by Crippen LogP contribution is 2.33. The van der Waals surface area contributed by atoms with E-state index in [0.717, 1.165) is 18.7 Å². The van der Waals surface area contributed by atoms with E-state index in [-0.39, 0.29) is 37.2 Å². The highest BCUT2D eigenvalue weighted by Gasteiger charge is 2.39. The Bertz CT molecular complexity index is 1340. The lowest BCUT2D eigenvalue weighted by molar-refractivity contribution is -0.136. The van der Waals surface area contributed by atoms with Crippen LogP contribution in [0.25, 0.3) is 0 Å². The van der Waals surface area contributed by atoms with Crippen molar-refractivity contribution in [2.24, 2.45) is 0 Å². The van der Waals surface area contributed by atoms with Gasteiger partial charge in [-0.15, -0.1) is 0 Å². The highest BCUT2D eigenvalue weighted by atomic mass is 19.1. The minimum atomic E-state index is -0.709. The van der Waals surface area contributed by atoms with Crippen molar-refractivity contribution in [2.45, 2.75) is 38.0 Å². The maximum atomic E-state index is 15.2. The summed E-state index contributed by atoms with van der Waals surface area (Å²) in [5.74, 6) is -1.57. The van der Waals surface area contributed by atoms with E-state index in [2.05, 4.69) is 63.6 Å². The lowest BCUT2D eigenvalue weighted by atomic mass is 9.97. The topological polar surface area (TPSA) is 73.0 Å². The third-order valence-electron chi connectivity index (χ3n) is 7.77. The van der Waals surface area contributed by atoms with Crippen LogP contribution in [0.4, 0.5) is 4.39 Å². The summed E-state index contributed by atoms with van der Waals surface area (Å²) in [4.78, 5) is 42.9. The van der Waals surface area contributed by atoms with Gasteiger partial charge < -0.3 is 4.90 Å². The second-order valence-electron chi connectivity index (χ2n) is 10.2. The molecule has 0 aliphatic carbocycles. The number of fused-ring (bicyclic) bond motifs is 1. The van der Waals surface area contributed by atoms with Crippen molar-refractivity contribution in [2.75, 3.05) is 19.8 Å². The van der Waals surface area contributed by atoms with Crippen molar-refractivity contribution in [1.29, 1.82) is 0 Å². The van der Waals surface area contributed by atoms with Crippen molar-refractivity contribution in [1.82, 2.24) is 20.0 Å². The van der Waals surface area contributed by atoms with Crippen molar-refractivity contribution in [3.8, 4) is 0 Å². The van der Waals surface area contributed by atoms with Crippen molar-refractivity contribution in [3.05, 3.63) is 106 Å². The van der Waals surface area contributed by atoms with Crippen molar-refractivity contribution in [3.63, 3.8) is 0 Å². The summed E-state index contributed by atoms with van der Waals surface area (Å²) in [5.41, 5.74) is 4.00. The molecular formula is C30H29FN4O3. The normalized spacial score (nSPS) is 20.3. The van der Waals surface area contributed by atoms with Gasteiger partial charge in [0.2, 0.25) is 11.8 Å². The minimum Gasteiger partial charge on any atom is -0.322 e. The lowest BCUT2D eigenvalue weighted by Crippen LogP contribution is -2.52. The van der Waals surface area contributed by atoms with Crippen molar-refractivity contribution >= 4 is 17.7 Å². The maximum Gasteiger partial charge on any atom is 0.255 e. The summed E-state index contributed by atoms with van der Waals surface area (Å²) in [6.45, 7) is 3.01. The molecule has 2 fully saturated rings. The summed E-state index contributed by atoms with van der Waals surface area (Å²) in [7, 11) is 0. The molecule has 3 amide bonds. The second kappa shape index (κ2) is 10.1. The van der Waals surface area contributed by atoms with Crippen LogP contribution in [0.3, 0.4) is 0 Å². The number of hydrogen-bond donors (Lipinski definition) is 1. The van der Waals surface area contributed by atoms with Crippen LogP contribution < -0.4 is 5.32 Å². The first-order chi connectivity index (χ1) is 18.5. The number of amides is 3. The Kier molecular flexibility index (Phi) is 6.51. The van der Waals surface area contributed by atoms with Gasteiger partial charge in [0.15, 0.2) is 0 Å². The van der Waals surface area contributed by atoms with Crippen LogP contribution in [0.1, 0.15) is 51.5 Å². The molecule has 0 spiro atoms. The molecule has 8 heteroatoms. The van der Waals surface area contributed by atoms with E-state index < -0.39 is 17.8 Å². The van der Waals surface area contributed by atoms with Gasteiger partial charge in [0, 0.05) is 43.7 Å². The number of nitrogens with one attached hydrogen (secondary N) is 1. The van der Waals surface area contributed by atoms with Crippen LogP contribution >= 0.6 is 0 Å². The van der Waals surface area contributed by atoms with Gasteiger partial charge >= 0.3 is 0 Å². The average molecular weight is 513 g/mol. The molecule has 1 atom stereocenters. The van der Waals surface area contributed by atoms with E-state index in [1.165, 1.54) is 22.1 Å². The number of imide groups is 1. The third kappa shape index (κ3) is 4.61. The van der Waals surface area contributed by atoms with Gasteiger partial charge in [-0.1, -0.05) is 60.7 Å². The monoisotopic (exact) mass is 512 g/mol. The predicted octanol–water partition coefficient (Wildman–Crippen LogP) is 3.45. The largest absolute Gasteiger partial charge is 0.322 e. The summed E-state index contributed by atoms with van der Waals surface area (Å²) < 4.78 is 15.2. The Morgan fingerprint density at radius 3 is 2.26 bits per heavy atom. The van der Waals surface area contributed by atoms with Crippen LogP contribution in [0.5, 0.6) is 0 Å². The molecule has 3 aliphatic rings. The SMILES string of the molecule is O=C1CCC(N2Cc3cc(CN4CCN(C(c5ccccc5)c5ccccc5)C4)c(F)cc3C2=O)C(=O)N1. The number of nitrogens with zero attached hydrogens (tertiary/aromatic N) is 3. The van der Waals surface area contributed by atoms with Gasteiger partial charge in [-0.3, -0.25) is 29.5 Å². The highest BCUT2D eigenvalue weighted by molar-refractivity contribution is 6.05. The van der Waals surface area contributed by atoms with Gasteiger partial charge in [-0.05, 0) is 35.2 Å². The Morgan fingerprint density at radius 1 is 0.921 bits per heavy atom. The number of rotatable bonds is 6. The third-order valence-corrected chi connectivity index (χ3v) is 7.77.